The second-order valence-electron chi connectivity index (χ2n) is 17.3. The maximum absolute atomic E-state index is 6.85. The number of hydrogen-bond acceptors (Lipinski definition) is 3. The molecule has 1 aliphatic rings. The number of rotatable bonds is 4. The van der Waals surface area contributed by atoms with Crippen molar-refractivity contribution in [1.29, 1.82) is 0 Å². The largest absolute Gasteiger partial charge is 0.456 e. The van der Waals surface area contributed by atoms with Crippen LogP contribution in [0.3, 0.4) is 0 Å². The van der Waals surface area contributed by atoms with Crippen LogP contribution in [0.15, 0.2) is 227 Å². The van der Waals surface area contributed by atoms with Crippen LogP contribution < -0.4 is 0 Å². The summed E-state index contributed by atoms with van der Waals surface area (Å²) in [7, 11) is 0. The van der Waals surface area contributed by atoms with E-state index >= 15 is 0 Å². The number of benzene rings is 11. The summed E-state index contributed by atoms with van der Waals surface area (Å²) in [5, 5.41) is 16.5. The van der Waals surface area contributed by atoms with Crippen LogP contribution in [-0.2, 0) is 0 Å². The summed E-state index contributed by atoms with van der Waals surface area (Å²) in [6, 6.07) is 74.4. The standard InChI is InChI=1S/C61H37N3O/c1-2-14-40-31-44(24-21-37(40)11-1)53-28-29-54(45-25-27-47-43(32-45)23-22-38-12-5-7-17-46(38)47)63-61(62-53)51-35-52-59(65-58-30-26-39-13-6-8-18-48(39)60(52)58)36-57(51)64-55-20-10-9-19-49(55)50-33-41-15-3-4-16-42(41)34-56(50)64/h1-28,30-36H,29H2. The Kier molecular flexibility index (Phi) is 7.71. The van der Waals surface area contributed by atoms with E-state index in [0.717, 1.165) is 72.1 Å². The molecule has 0 amide bonds. The predicted molar refractivity (Wildman–Crippen MR) is 274 cm³/mol. The summed E-state index contributed by atoms with van der Waals surface area (Å²) in [5.74, 6) is 0.647. The summed E-state index contributed by atoms with van der Waals surface area (Å²) >= 11 is 0. The van der Waals surface area contributed by atoms with Gasteiger partial charge in [-0.25, -0.2) is 9.98 Å². The molecule has 0 aliphatic carbocycles. The fraction of sp³-hybridized carbons (Fsp3) is 0.0164. The van der Waals surface area contributed by atoms with Gasteiger partial charge < -0.3 is 8.98 Å². The first-order valence-corrected chi connectivity index (χ1v) is 22.3. The minimum Gasteiger partial charge on any atom is -0.456 e. The Labute approximate surface area is 373 Å². The molecule has 3 heterocycles. The summed E-state index contributed by atoms with van der Waals surface area (Å²) in [5.41, 5.74) is 9.71. The van der Waals surface area contributed by atoms with Gasteiger partial charge in [-0.05, 0) is 102 Å². The highest BCUT2D eigenvalue weighted by Gasteiger charge is 2.24. The lowest BCUT2D eigenvalue weighted by Crippen LogP contribution is -2.09. The number of allylic oxidation sites excluding steroid dienone is 1. The van der Waals surface area contributed by atoms with Gasteiger partial charge in [0.15, 0.2) is 5.84 Å². The molecule has 0 saturated heterocycles. The third-order valence-corrected chi connectivity index (χ3v) is 13.6. The van der Waals surface area contributed by atoms with Gasteiger partial charge in [0.1, 0.15) is 11.2 Å². The first kappa shape index (κ1) is 35.9. The summed E-state index contributed by atoms with van der Waals surface area (Å²) in [6.07, 6.45) is 2.86. The number of furan rings is 1. The van der Waals surface area contributed by atoms with Crippen molar-refractivity contribution < 1.29 is 4.42 Å². The van der Waals surface area contributed by atoms with E-state index in [1.807, 2.05) is 0 Å². The molecule has 0 radical (unpaired) electrons. The molecule has 0 spiro atoms. The highest BCUT2D eigenvalue weighted by Crippen LogP contribution is 2.42. The zero-order valence-electron chi connectivity index (χ0n) is 35.2. The van der Waals surface area contributed by atoms with Crippen molar-refractivity contribution in [2.75, 3.05) is 0 Å². The second kappa shape index (κ2) is 14.0. The van der Waals surface area contributed by atoms with Crippen molar-refractivity contribution in [3.63, 3.8) is 0 Å². The summed E-state index contributed by atoms with van der Waals surface area (Å²) < 4.78 is 9.26. The van der Waals surface area contributed by atoms with Crippen LogP contribution in [0.4, 0.5) is 0 Å². The highest BCUT2D eigenvalue weighted by atomic mass is 16.3. The molecule has 0 saturated carbocycles. The van der Waals surface area contributed by atoms with Gasteiger partial charge in [0.25, 0.3) is 0 Å². The van der Waals surface area contributed by atoms with Gasteiger partial charge in [-0.3, -0.25) is 0 Å². The van der Waals surface area contributed by atoms with Gasteiger partial charge in [0, 0.05) is 45.2 Å². The van der Waals surface area contributed by atoms with Gasteiger partial charge in [0.05, 0.1) is 28.1 Å². The molecule has 4 heteroatoms. The number of hydrogen-bond donors (Lipinski definition) is 0. The third kappa shape index (κ3) is 5.64. The van der Waals surface area contributed by atoms with E-state index in [1.54, 1.807) is 0 Å². The van der Waals surface area contributed by atoms with E-state index in [0.29, 0.717) is 12.3 Å². The lowest BCUT2D eigenvalue weighted by Gasteiger charge is -2.15. The molecule has 0 unspecified atom stereocenters. The van der Waals surface area contributed by atoms with Crippen LogP contribution in [-0.4, -0.2) is 16.1 Å². The monoisotopic (exact) mass is 827 g/mol. The molecular weight excluding hydrogens is 791 g/mol. The zero-order chi connectivity index (χ0) is 42.6. The van der Waals surface area contributed by atoms with Gasteiger partial charge >= 0.3 is 0 Å². The average molecular weight is 828 g/mol. The van der Waals surface area contributed by atoms with Crippen LogP contribution in [0.5, 0.6) is 0 Å². The Hall–Kier alpha value is -8.60. The van der Waals surface area contributed by atoms with Crippen LogP contribution >= 0.6 is 0 Å². The fourth-order valence-electron chi connectivity index (χ4n) is 10.4. The molecule has 0 fully saturated rings. The van der Waals surface area contributed by atoms with Crippen molar-refractivity contribution in [2.24, 2.45) is 9.98 Å². The van der Waals surface area contributed by atoms with Crippen molar-refractivity contribution in [1.82, 2.24) is 4.57 Å². The van der Waals surface area contributed by atoms with Crippen LogP contribution in [0.1, 0.15) is 23.1 Å². The first-order valence-electron chi connectivity index (χ1n) is 22.3. The quantitative estimate of drug-likeness (QED) is 0.163. The van der Waals surface area contributed by atoms with Crippen LogP contribution in [0.25, 0.3) is 109 Å². The molecule has 2 aromatic heterocycles. The Bertz CT molecular complexity index is 4270. The minimum atomic E-state index is 0.604. The normalized spacial score (nSPS) is 13.4. The van der Waals surface area contributed by atoms with Crippen LogP contribution in [0, 0.1) is 0 Å². The Morgan fingerprint density at radius 1 is 0.385 bits per heavy atom. The molecule has 0 bridgehead atoms. The molecule has 0 atom stereocenters. The SMILES string of the molecule is C1=C(c2ccc3ccccc3c2)N=C(c2cc3c(cc2-n2c4ccccc4c4cc5ccccc5cc42)oc2ccc4ccccc4c23)N=C(c2ccc3c(ccc4ccccc43)c2)C1. The van der Waals surface area contributed by atoms with Crippen molar-refractivity contribution in [3.05, 3.63) is 229 Å². The molecule has 11 aromatic carbocycles. The number of para-hydroxylation sites is 1. The Balaban J connectivity index is 1.09. The maximum atomic E-state index is 6.85. The Morgan fingerprint density at radius 3 is 1.85 bits per heavy atom. The topological polar surface area (TPSA) is 42.8 Å². The summed E-state index contributed by atoms with van der Waals surface area (Å²) in [4.78, 5) is 11.4. The van der Waals surface area contributed by atoms with Gasteiger partial charge in [-0.15, -0.1) is 0 Å². The number of aromatic nitrogens is 1. The zero-order valence-corrected chi connectivity index (χ0v) is 35.2. The smallest absolute Gasteiger partial charge is 0.162 e. The predicted octanol–water partition coefficient (Wildman–Crippen LogP) is 16.1. The molecule has 13 aromatic rings. The number of aliphatic imine (C=N–C) groups is 2. The van der Waals surface area contributed by atoms with Crippen molar-refractivity contribution in [2.45, 2.75) is 6.42 Å². The minimum absolute atomic E-state index is 0.604. The second-order valence-corrected chi connectivity index (χ2v) is 17.3. The molecule has 1 aliphatic heterocycles. The average Bonchev–Trinajstić information content (AvgIpc) is 3.79. The Morgan fingerprint density at radius 2 is 1.00 bits per heavy atom. The third-order valence-electron chi connectivity index (χ3n) is 13.6. The molecule has 14 rings (SSSR count). The lowest BCUT2D eigenvalue weighted by atomic mass is 9.97. The summed E-state index contributed by atoms with van der Waals surface area (Å²) in [6.45, 7) is 0. The molecule has 302 valence electrons. The molecule has 4 nitrogen and oxygen atoms in total. The van der Waals surface area contributed by atoms with E-state index < -0.39 is 0 Å². The maximum Gasteiger partial charge on any atom is 0.162 e. The van der Waals surface area contributed by atoms with E-state index in [-0.39, 0.29) is 0 Å². The number of fused-ring (bicyclic) bond motifs is 13. The molecular formula is C61H37N3O. The van der Waals surface area contributed by atoms with Gasteiger partial charge in [-0.2, -0.15) is 0 Å². The van der Waals surface area contributed by atoms with Gasteiger partial charge in [0.2, 0.25) is 0 Å². The van der Waals surface area contributed by atoms with Crippen LogP contribution in [0.2, 0.25) is 0 Å². The molecule has 0 N–H and O–H groups in total. The van der Waals surface area contributed by atoms with E-state index in [1.165, 1.54) is 59.2 Å². The molecule has 65 heavy (non-hydrogen) atoms. The lowest BCUT2D eigenvalue weighted by molar-refractivity contribution is 0.669. The first-order chi connectivity index (χ1) is 32.2. The van der Waals surface area contributed by atoms with E-state index in [4.69, 9.17) is 14.4 Å². The number of amidine groups is 1. The van der Waals surface area contributed by atoms with Crippen molar-refractivity contribution in [3.8, 4) is 5.69 Å². The highest BCUT2D eigenvalue weighted by molar-refractivity contribution is 6.24. The van der Waals surface area contributed by atoms with Crippen molar-refractivity contribution >= 4 is 115 Å². The van der Waals surface area contributed by atoms with E-state index in [2.05, 4.69) is 217 Å². The van der Waals surface area contributed by atoms with Gasteiger partial charge in [-0.1, -0.05) is 164 Å². The van der Waals surface area contributed by atoms with E-state index in [9.17, 15) is 0 Å². The fourth-order valence-corrected chi connectivity index (χ4v) is 10.4. The number of nitrogens with zero attached hydrogens (tertiary/aromatic N) is 3.